The van der Waals surface area contributed by atoms with Crippen molar-refractivity contribution in [1.82, 2.24) is 9.97 Å². The van der Waals surface area contributed by atoms with Crippen LogP contribution in [-0.2, 0) is 16.0 Å². The Morgan fingerprint density at radius 1 is 1.27 bits per heavy atom. The van der Waals surface area contributed by atoms with Crippen LogP contribution in [0.4, 0.5) is 28.8 Å². The number of hydrogen-bond acceptors (Lipinski definition) is 8. The lowest BCUT2D eigenvalue weighted by Crippen LogP contribution is -2.40. The van der Waals surface area contributed by atoms with Crippen molar-refractivity contribution >= 4 is 52.1 Å². The number of aromatic nitrogens is 2. The minimum atomic E-state index is -0.382. The van der Waals surface area contributed by atoms with Crippen LogP contribution in [0.2, 0.25) is 5.02 Å². The van der Waals surface area contributed by atoms with Crippen molar-refractivity contribution in [3.8, 4) is 6.07 Å². The molecule has 1 aromatic heterocycles. The first-order valence-corrected chi connectivity index (χ1v) is 12.1. The molecule has 2 heterocycles. The van der Waals surface area contributed by atoms with Gasteiger partial charge in [0.1, 0.15) is 17.1 Å². The van der Waals surface area contributed by atoms with Gasteiger partial charge in [0.25, 0.3) is 0 Å². The summed E-state index contributed by atoms with van der Waals surface area (Å²) in [5, 5.41) is 16.3. The summed E-state index contributed by atoms with van der Waals surface area (Å²) in [5.41, 5.74) is 9.65. The lowest BCUT2D eigenvalue weighted by molar-refractivity contribution is -0.119. The van der Waals surface area contributed by atoms with Gasteiger partial charge in [0.05, 0.1) is 17.4 Å². The molecule has 1 atom stereocenters. The summed E-state index contributed by atoms with van der Waals surface area (Å²) >= 11 is 6.36. The molecular formula is C27H26ClN7O2. The van der Waals surface area contributed by atoms with E-state index >= 15 is 0 Å². The third-order valence-corrected chi connectivity index (χ3v) is 6.41. The Balaban J connectivity index is 1.59. The number of rotatable bonds is 9. The Morgan fingerprint density at radius 3 is 2.78 bits per heavy atom. The van der Waals surface area contributed by atoms with Crippen molar-refractivity contribution in [3.05, 3.63) is 77.0 Å². The molecule has 0 saturated carbocycles. The summed E-state index contributed by atoms with van der Waals surface area (Å²) < 4.78 is 0. The SMILES string of the molecule is C=CC(=O)Cc1cc(C)ccc1Nc1nc(Nc2ccc(N3CCC[C@H]3C(N)=O)cc2C#N)ncc1Cl. The zero-order valence-corrected chi connectivity index (χ0v) is 21.0. The highest BCUT2D eigenvalue weighted by Crippen LogP contribution is 2.31. The van der Waals surface area contributed by atoms with Gasteiger partial charge in [-0.3, -0.25) is 9.59 Å². The summed E-state index contributed by atoms with van der Waals surface area (Å²) in [4.78, 5) is 34.4. The Hall–Kier alpha value is -4.42. The first-order valence-electron chi connectivity index (χ1n) is 11.7. The van der Waals surface area contributed by atoms with Crippen LogP contribution in [-0.4, -0.2) is 34.2 Å². The first kappa shape index (κ1) is 25.7. The topological polar surface area (TPSA) is 137 Å². The predicted molar refractivity (Wildman–Crippen MR) is 144 cm³/mol. The van der Waals surface area contributed by atoms with Gasteiger partial charge in [0, 0.05) is 24.3 Å². The summed E-state index contributed by atoms with van der Waals surface area (Å²) in [6.07, 6.45) is 4.48. The van der Waals surface area contributed by atoms with E-state index in [9.17, 15) is 14.9 Å². The Morgan fingerprint density at radius 2 is 2.05 bits per heavy atom. The number of nitrogens with one attached hydrogen (secondary N) is 2. The molecule has 10 heteroatoms. The van der Waals surface area contributed by atoms with E-state index in [1.165, 1.54) is 12.3 Å². The molecule has 1 aliphatic heterocycles. The van der Waals surface area contributed by atoms with E-state index in [2.05, 4.69) is 33.2 Å². The second-order valence-electron chi connectivity index (χ2n) is 8.74. The summed E-state index contributed by atoms with van der Waals surface area (Å²) in [6, 6.07) is 12.8. The lowest BCUT2D eigenvalue weighted by Gasteiger charge is -2.25. The van der Waals surface area contributed by atoms with Gasteiger partial charge in [0.2, 0.25) is 11.9 Å². The molecule has 0 unspecified atom stereocenters. The number of ketones is 1. The first-order chi connectivity index (χ1) is 17.8. The number of nitrogens with zero attached hydrogens (tertiary/aromatic N) is 4. The Bertz CT molecular complexity index is 1420. The molecule has 9 nitrogen and oxygen atoms in total. The fraction of sp³-hybridized carbons (Fsp3) is 0.222. The van der Waals surface area contributed by atoms with E-state index in [4.69, 9.17) is 17.3 Å². The molecule has 3 aromatic rings. The third-order valence-electron chi connectivity index (χ3n) is 6.13. The zero-order valence-electron chi connectivity index (χ0n) is 20.3. The van der Waals surface area contributed by atoms with Crippen molar-refractivity contribution in [1.29, 1.82) is 5.26 Å². The van der Waals surface area contributed by atoms with E-state index < -0.39 is 0 Å². The number of benzene rings is 2. The third kappa shape index (κ3) is 5.88. The molecule has 2 aromatic carbocycles. The summed E-state index contributed by atoms with van der Waals surface area (Å²) in [7, 11) is 0. The zero-order chi connectivity index (χ0) is 26.5. The molecule has 0 bridgehead atoms. The quantitative estimate of drug-likeness (QED) is 0.353. The van der Waals surface area contributed by atoms with Crippen LogP contribution in [0.3, 0.4) is 0 Å². The number of allylic oxidation sites excluding steroid dienone is 1. The smallest absolute Gasteiger partial charge is 0.240 e. The number of primary amides is 1. The van der Waals surface area contributed by atoms with Crippen molar-refractivity contribution in [2.75, 3.05) is 22.1 Å². The highest BCUT2D eigenvalue weighted by atomic mass is 35.5. The van der Waals surface area contributed by atoms with Crippen molar-refractivity contribution in [3.63, 3.8) is 0 Å². The average molecular weight is 516 g/mol. The molecule has 1 saturated heterocycles. The van der Waals surface area contributed by atoms with Gasteiger partial charge in [-0.15, -0.1) is 0 Å². The standard InChI is InChI=1S/C27H26ClN7O2/c1-3-20(36)13-17-11-16(2)6-8-22(17)32-26-21(28)15-31-27(34-26)33-23-9-7-19(12-18(23)14-29)35-10-4-5-24(35)25(30)37/h3,6-9,11-12,15,24H,1,4-5,10,13H2,2H3,(H2,30,37)(H2,31,32,33,34)/t24-/m0/s1. The molecule has 4 rings (SSSR count). The molecular weight excluding hydrogens is 490 g/mol. The predicted octanol–water partition coefficient (Wildman–Crippen LogP) is 4.55. The minimum Gasteiger partial charge on any atom is -0.368 e. The average Bonchev–Trinajstić information content (AvgIpc) is 3.38. The molecule has 0 aliphatic carbocycles. The number of anilines is 5. The van der Waals surface area contributed by atoms with Gasteiger partial charge >= 0.3 is 0 Å². The van der Waals surface area contributed by atoms with Crippen LogP contribution in [0.1, 0.15) is 29.5 Å². The maximum atomic E-state index is 12.0. The van der Waals surface area contributed by atoms with Crippen LogP contribution in [0, 0.1) is 18.3 Å². The number of nitrogens with two attached hydrogens (primary N) is 1. The second kappa shape index (κ2) is 11.1. The number of amides is 1. The largest absolute Gasteiger partial charge is 0.368 e. The van der Waals surface area contributed by atoms with E-state index in [1.807, 2.05) is 36.1 Å². The Kier molecular flexibility index (Phi) is 7.70. The van der Waals surface area contributed by atoms with Gasteiger partial charge in [-0.1, -0.05) is 35.9 Å². The number of carbonyl (C=O) groups is 2. The summed E-state index contributed by atoms with van der Waals surface area (Å²) in [6.45, 7) is 6.19. The van der Waals surface area contributed by atoms with Gasteiger partial charge in [-0.05, 0) is 55.7 Å². The molecule has 1 fully saturated rings. The molecule has 188 valence electrons. The fourth-order valence-corrected chi connectivity index (χ4v) is 4.44. The van der Waals surface area contributed by atoms with Gasteiger partial charge in [-0.2, -0.15) is 10.2 Å². The maximum Gasteiger partial charge on any atom is 0.240 e. The van der Waals surface area contributed by atoms with Crippen LogP contribution < -0.4 is 21.3 Å². The molecule has 0 spiro atoms. The van der Waals surface area contributed by atoms with Gasteiger partial charge < -0.3 is 21.3 Å². The highest BCUT2D eigenvalue weighted by Gasteiger charge is 2.29. The molecule has 37 heavy (non-hydrogen) atoms. The number of aryl methyl sites for hydroxylation is 1. The fourth-order valence-electron chi connectivity index (χ4n) is 4.30. The minimum absolute atomic E-state index is 0.103. The van der Waals surface area contributed by atoms with Crippen molar-refractivity contribution in [2.24, 2.45) is 5.73 Å². The van der Waals surface area contributed by atoms with Gasteiger partial charge in [0.15, 0.2) is 11.6 Å². The van der Waals surface area contributed by atoms with Crippen LogP contribution in [0.5, 0.6) is 0 Å². The van der Waals surface area contributed by atoms with Crippen LogP contribution >= 0.6 is 11.6 Å². The Labute approximate surface area is 220 Å². The van der Waals surface area contributed by atoms with Crippen LogP contribution in [0.15, 0.2) is 55.3 Å². The monoisotopic (exact) mass is 515 g/mol. The number of nitriles is 1. The number of hydrogen-bond donors (Lipinski definition) is 3. The van der Waals surface area contributed by atoms with Crippen molar-refractivity contribution in [2.45, 2.75) is 32.2 Å². The van der Waals surface area contributed by atoms with E-state index in [-0.39, 0.29) is 35.1 Å². The second-order valence-corrected chi connectivity index (χ2v) is 9.15. The highest BCUT2D eigenvalue weighted by molar-refractivity contribution is 6.33. The number of halogens is 1. The maximum absolute atomic E-state index is 12.0. The normalized spacial score (nSPS) is 14.6. The van der Waals surface area contributed by atoms with Gasteiger partial charge in [-0.25, -0.2) is 4.98 Å². The van der Waals surface area contributed by atoms with E-state index in [0.717, 1.165) is 23.2 Å². The van der Waals surface area contributed by atoms with Crippen molar-refractivity contribution < 1.29 is 9.59 Å². The molecule has 4 N–H and O–H groups in total. The van der Waals surface area contributed by atoms with E-state index in [0.29, 0.717) is 35.7 Å². The summed E-state index contributed by atoms with van der Waals surface area (Å²) in [5.74, 6) is 0.0849. The van der Waals surface area contributed by atoms with E-state index in [1.54, 1.807) is 12.1 Å². The number of carbonyl (C=O) groups excluding carboxylic acids is 2. The van der Waals surface area contributed by atoms with Crippen LogP contribution in [0.25, 0.3) is 0 Å². The molecule has 1 amide bonds. The molecule has 1 aliphatic rings. The lowest BCUT2D eigenvalue weighted by atomic mass is 10.0. The molecule has 0 radical (unpaired) electrons.